The van der Waals surface area contributed by atoms with Crippen LogP contribution in [-0.2, 0) is 0 Å². The standard InChI is InChI=1S/C21H44N2O/c1-4-7-10-11-12-13-14-15-18-22-21(24)23(19-16-8-5-2)20-17-9-6-3/h4-20H2,1-3H3,(H,22,24). The van der Waals surface area contributed by atoms with Gasteiger partial charge in [-0.05, 0) is 19.3 Å². The fourth-order valence-electron chi connectivity index (χ4n) is 2.99. The molecule has 0 unspecified atom stereocenters. The molecule has 1 N–H and O–H groups in total. The predicted octanol–water partition coefficient (Wildman–Crippen LogP) is 6.52. The second-order valence-electron chi connectivity index (χ2n) is 7.11. The zero-order valence-electron chi connectivity index (χ0n) is 16.9. The van der Waals surface area contributed by atoms with Crippen LogP contribution in [0.1, 0.15) is 111 Å². The molecule has 0 fully saturated rings. The molecule has 0 aliphatic heterocycles. The second kappa shape index (κ2) is 18.6. The van der Waals surface area contributed by atoms with E-state index in [1.54, 1.807) is 0 Å². The highest BCUT2D eigenvalue weighted by Crippen LogP contribution is 2.08. The van der Waals surface area contributed by atoms with Crippen LogP contribution in [-0.4, -0.2) is 30.6 Å². The average Bonchev–Trinajstić information content (AvgIpc) is 2.59. The SMILES string of the molecule is CCCCCCCCCCNC(=O)N(CCCCC)CCCCC. The van der Waals surface area contributed by atoms with Crippen LogP contribution in [0.15, 0.2) is 0 Å². The summed E-state index contributed by atoms with van der Waals surface area (Å²) in [6.45, 7) is 9.36. The number of nitrogens with zero attached hydrogens (tertiary/aromatic N) is 1. The van der Waals surface area contributed by atoms with Gasteiger partial charge in [-0.25, -0.2) is 4.79 Å². The Hall–Kier alpha value is -0.730. The zero-order chi connectivity index (χ0) is 17.9. The molecule has 0 saturated carbocycles. The molecule has 0 rings (SSSR count). The molecular formula is C21H44N2O. The molecule has 3 nitrogen and oxygen atoms in total. The topological polar surface area (TPSA) is 32.3 Å². The minimum absolute atomic E-state index is 0.158. The molecule has 0 aromatic carbocycles. The third-order valence-electron chi connectivity index (χ3n) is 4.66. The van der Waals surface area contributed by atoms with Gasteiger partial charge in [0.25, 0.3) is 0 Å². The number of carbonyl (C=O) groups excluding carboxylic acids is 1. The highest BCUT2D eigenvalue weighted by atomic mass is 16.2. The molecule has 0 spiro atoms. The molecule has 24 heavy (non-hydrogen) atoms. The number of amides is 2. The molecule has 0 heterocycles. The van der Waals surface area contributed by atoms with E-state index in [0.29, 0.717) is 0 Å². The Balaban J connectivity index is 3.74. The quantitative estimate of drug-likeness (QED) is 0.300. The van der Waals surface area contributed by atoms with Gasteiger partial charge in [0.15, 0.2) is 0 Å². The Kier molecular flexibility index (Phi) is 18.0. The van der Waals surface area contributed by atoms with Crippen LogP contribution in [0.3, 0.4) is 0 Å². The Morgan fingerprint density at radius 1 is 0.625 bits per heavy atom. The summed E-state index contributed by atoms with van der Waals surface area (Å²) in [5, 5.41) is 3.13. The van der Waals surface area contributed by atoms with Crippen molar-refractivity contribution in [3.8, 4) is 0 Å². The lowest BCUT2D eigenvalue weighted by atomic mass is 10.1. The molecule has 0 atom stereocenters. The first-order valence-electron chi connectivity index (χ1n) is 10.8. The first-order chi connectivity index (χ1) is 11.8. The summed E-state index contributed by atoms with van der Waals surface area (Å²) in [5.74, 6) is 0. The molecule has 0 radical (unpaired) electrons. The maximum absolute atomic E-state index is 12.4. The van der Waals surface area contributed by atoms with Gasteiger partial charge in [-0.1, -0.05) is 91.4 Å². The van der Waals surface area contributed by atoms with Crippen LogP contribution in [0, 0.1) is 0 Å². The number of unbranched alkanes of at least 4 members (excludes halogenated alkanes) is 11. The van der Waals surface area contributed by atoms with Crippen LogP contribution >= 0.6 is 0 Å². The van der Waals surface area contributed by atoms with E-state index in [2.05, 4.69) is 26.1 Å². The van der Waals surface area contributed by atoms with Crippen LogP contribution in [0.2, 0.25) is 0 Å². The lowest BCUT2D eigenvalue weighted by molar-refractivity contribution is 0.195. The molecule has 0 aliphatic carbocycles. The largest absolute Gasteiger partial charge is 0.338 e. The van der Waals surface area contributed by atoms with Gasteiger partial charge in [-0.3, -0.25) is 0 Å². The highest BCUT2D eigenvalue weighted by Gasteiger charge is 2.11. The second-order valence-corrected chi connectivity index (χ2v) is 7.11. The monoisotopic (exact) mass is 340 g/mol. The van der Waals surface area contributed by atoms with Crippen molar-refractivity contribution in [1.29, 1.82) is 0 Å². The van der Waals surface area contributed by atoms with Gasteiger partial charge in [0.2, 0.25) is 0 Å². The molecule has 0 saturated heterocycles. The smallest absolute Gasteiger partial charge is 0.317 e. The van der Waals surface area contributed by atoms with Gasteiger partial charge in [0.05, 0.1) is 0 Å². The third kappa shape index (κ3) is 14.8. The fraction of sp³-hybridized carbons (Fsp3) is 0.952. The number of hydrogen-bond donors (Lipinski definition) is 1. The van der Waals surface area contributed by atoms with Crippen molar-refractivity contribution >= 4 is 6.03 Å². The van der Waals surface area contributed by atoms with E-state index in [1.165, 1.54) is 70.6 Å². The minimum atomic E-state index is 0.158. The first-order valence-corrected chi connectivity index (χ1v) is 10.8. The summed E-state index contributed by atoms with van der Waals surface area (Å²) in [6, 6.07) is 0.158. The van der Waals surface area contributed by atoms with Gasteiger partial charge in [0, 0.05) is 19.6 Å². The highest BCUT2D eigenvalue weighted by molar-refractivity contribution is 5.74. The van der Waals surface area contributed by atoms with E-state index in [0.717, 1.165) is 38.9 Å². The van der Waals surface area contributed by atoms with E-state index in [-0.39, 0.29) is 6.03 Å². The van der Waals surface area contributed by atoms with E-state index >= 15 is 0 Å². The minimum Gasteiger partial charge on any atom is -0.338 e. The predicted molar refractivity (Wildman–Crippen MR) is 107 cm³/mol. The number of urea groups is 1. The van der Waals surface area contributed by atoms with E-state index in [1.807, 2.05) is 4.90 Å². The number of nitrogens with one attached hydrogen (secondary N) is 1. The van der Waals surface area contributed by atoms with Crippen molar-refractivity contribution in [3.05, 3.63) is 0 Å². The Morgan fingerprint density at radius 3 is 1.54 bits per heavy atom. The third-order valence-corrected chi connectivity index (χ3v) is 4.66. The van der Waals surface area contributed by atoms with Crippen molar-refractivity contribution in [3.63, 3.8) is 0 Å². The van der Waals surface area contributed by atoms with Gasteiger partial charge < -0.3 is 10.2 Å². The van der Waals surface area contributed by atoms with Crippen LogP contribution < -0.4 is 5.32 Å². The molecular weight excluding hydrogens is 296 g/mol. The molecule has 3 heteroatoms. The average molecular weight is 341 g/mol. The van der Waals surface area contributed by atoms with Crippen molar-refractivity contribution in [2.24, 2.45) is 0 Å². The van der Waals surface area contributed by atoms with E-state index < -0.39 is 0 Å². The summed E-state index contributed by atoms with van der Waals surface area (Å²) >= 11 is 0. The molecule has 0 aromatic rings. The molecule has 0 bridgehead atoms. The summed E-state index contributed by atoms with van der Waals surface area (Å²) in [5.41, 5.74) is 0. The number of carbonyl (C=O) groups is 1. The van der Waals surface area contributed by atoms with E-state index in [9.17, 15) is 4.79 Å². The van der Waals surface area contributed by atoms with Gasteiger partial charge >= 0.3 is 6.03 Å². The number of rotatable bonds is 17. The van der Waals surface area contributed by atoms with Crippen molar-refractivity contribution in [2.45, 2.75) is 111 Å². The molecule has 0 aromatic heterocycles. The van der Waals surface area contributed by atoms with Crippen molar-refractivity contribution in [2.75, 3.05) is 19.6 Å². The van der Waals surface area contributed by atoms with Gasteiger partial charge in [0.1, 0.15) is 0 Å². The van der Waals surface area contributed by atoms with Gasteiger partial charge in [-0.15, -0.1) is 0 Å². The van der Waals surface area contributed by atoms with Crippen molar-refractivity contribution in [1.82, 2.24) is 10.2 Å². The van der Waals surface area contributed by atoms with Gasteiger partial charge in [-0.2, -0.15) is 0 Å². The number of hydrogen-bond acceptors (Lipinski definition) is 1. The summed E-state index contributed by atoms with van der Waals surface area (Å²) in [4.78, 5) is 14.4. The Labute approximate surface area is 152 Å². The maximum Gasteiger partial charge on any atom is 0.317 e. The van der Waals surface area contributed by atoms with E-state index in [4.69, 9.17) is 0 Å². The Bertz CT molecular complexity index is 259. The molecule has 0 aliphatic rings. The Morgan fingerprint density at radius 2 is 1.04 bits per heavy atom. The summed E-state index contributed by atoms with van der Waals surface area (Å²) in [7, 11) is 0. The van der Waals surface area contributed by atoms with Crippen LogP contribution in [0.25, 0.3) is 0 Å². The lowest BCUT2D eigenvalue weighted by Gasteiger charge is -2.23. The molecule has 2 amide bonds. The van der Waals surface area contributed by atoms with Crippen LogP contribution in [0.5, 0.6) is 0 Å². The summed E-state index contributed by atoms with van der Waals surface area (Å²) < 4.78 is 0. The fourth-order valence-corrected chi connectivity index (χ4v) is 2.99. The first kappa shape index (κ1) is 23.3. The van der Waals surface area contributed by atoms with Crippen LogP contribution in [0.4, 0.5) is 4.79 Å². The zero-order valence-corrected chi connectivity index (χ0v) is 16.9. The maximum atomic E-state index is 12.4. The summed E-state index contributed by atoms with van der Waals surface area (Å²) in [6.07, 6.45) is 17.6. The molecule has 144 valence electrons. The van der Waals surface area contributed by atoms with Crippen molar-refractivity contribution < 1.29 is 4.79 Å². The normalized spacial score (nSPS) is 10.8. The lowest BCUT2D eigenvalue weighted by Crippen LogP contribution is -2.41.